The van der Waals surface area contributed by atoms with Gasteiger partial charge in [0.1, 0.15) is 34.8 Å². The lowest BCUT2D eigenvalue weighted by atomic mass is 9.75. The van der Waals surface area contributed by atoms with Gasteiger partial charge in [-0.15, -0.1) is 0 Å². The summed E-state index contributed by atoms with van der Waals surface area (Å²) in [5.41, 5.74) is -0.846. The molecule has 3 aliphatic rings. The third-order valence-corrected chi connectivity index (χ3v) is 10.4. The first kappa shape index (κ1) is 30.9. The molecule has 0 bridgehead atoms. The highest BCUT2D eigenvalue weighted by molar-refractivity contribution is 6.01. The number of ether oxygens (including phenoxy) is 1. The summed E-state index contributed by atoms with van der Waals surface area (Å²) in [6.07, 6.45) is 5.35. The summed E-state index contributed by atoms with van der Waals surface area (Å²) in [7, 11) is 1.95. The summed E-state index contributed by atoms with van der Waals surface area (Å²) >= 11 is 0. The molecule has 0 unspecified atom stereocenters. The van der Waals surface area contributed by atoms with Gasteiger partial charge in [-0.05, 0) is 87.0 Å². The van der Waals surface area contributed by atoms with E-state index in [1.807, 2.05) is 18.9 Å². The van der Waals surface area contributed by atoms with Gasteiger partial charge in [0, 0.05) is 42.9 Å². The van der Waals surface area contributed by atoms with Crippen molar-refractivity contribution in [2.45, 2.75) is 76.6 Å². The number of aromatic nitrogens is 3. The number of hydrogen-bond donors (Lipinski definition) is 2. The van der Waals surface area contributed by atoms with Crippen LogP contribution in [-0.4, -0.2) is 81.2 Å². The molecule has 11 heteroatoms. The number of halogens is 3. The Morgan fingerprint density at radius 1 is 1.13 bits per heavy atom. The monoisotopic (exact) mass is 635 g/mol. The average molecular weight is 636 g/mol. The molecule has 8 nitrogen and oxygen atoms in total. The first-order chi connectivity index (χ1) is 22.0. The second-order valence-electron chi connectivity index (χ2n) is 13.8. The van der Waals surface area contributed by atoms with Crippen LogP contribution in [0.25, 0.3) is 32.9 Å². The molecule has 2 saturated heterocycles. The van der Waals surface area contributed by atoms with Crippen molar-refractivity contribution in [3.05, 3.63) is 47.7 Å². The number of anilines is 1. The first-order valence-corrected chi connectivity index (χ1v) is 16.2. The molecular formula is C35H40F3N5O3. The number of rotatable bonds is 6. The van der Waals surface area contributed by atoms with Crippen LogP contribution >= 0.6 is 0 Å². The molecule has 2 aliphatic heterocycles. The topological polar surface area (TPSA) is 94.8 Å². The minimum atomic E-state index is -0.970. The van der Waals surface area contributed by atoms with Gasteiger partial charge in [-0.25, -0.2) is 13.2 Å². The number of benzene rings is 2. The van der Waals surface area contributed by atoms with Crippen molar-refractivity contribution in [3.8, 4) is 23.0 Å². The zero-order valence-corrected chi connectivity index (χ0v) is 26.5. The lowest BCUT2D eigenvalue weighted by Gasteiger charge is -2.45. The maximum atomic E-state index is 16.8. The number of fused-ring (bicyclic) bond motifs is 3. The molecule has 1 saturated carbocycles. The highest BCUT2D eigenvalue weighted by Gasteiger charge is 2.50. The maximum Gasteiger partial charge on any atom is 0.319 e. The molecule has 46 heavy (non-hydrogen) atoms. The molecule has 0 radical (unpaired) electrons. The number of phenols is 1. The van der Waals surface area contributed by atoms with Crippen LogP contribution in [0.4, 0.5) is 19.0 Å². The number of pyridine rings is 1. The van der Waals surface area contributed by atoms with Gasteiger partial charge < -0.3 is 19.8 Å². The Labute approximate surface area is 266 Å². The standard InChI is InChI=1S/C35H40F3N5O3/c1-4-23-26(37)9-8-20-13-22(44)14-24(28(20)23)30-29(38)31-25(16-39-30)32(43-12-6-10-34(2,45)18-43)41-33(40-31)46-19-35-11-5-7-27(35)42(3)17-21(36)15-35/h8-9,13-14,16,21,27,44-45H,4-7,10-12,15,17-19H2,1-3H3/t21-,27+,34+,35+/m0/s1. The van der Waals surface area contributed by atoms with Crippen LogP contribution in [0.1, 0.15) is 57.9 Å². The summed E-state index contributed by atoms with van der Waals surface area (Å²) in [4.78, 5) is 17.8. The Bertz CT molecular complexity index is 1820. The third kappa shape index (κ3) is 5.31. The van der Waals surface area contributed by atoms with Crippen LogP contribution in [0.3, 0.4) is 0 Å². The fourth-order valence-electron chi connectivity index (χ4n) is 8.38. The van der Waals surface area contributed by atoms with Gasteiger partial charge >= 0.3 is 6.01 Å². The van der Waals surface area contributed by atoms with Gasteiger partial charge in [0.05, 0.1) is 17.6 Å². The highest BCUT2D eigenvalue weighted by atomic mass is 19.1. The fraction of sp³-hybridized carbons (Fsp3) is 0.514. The Hall–Kier alpha value is -3.70. The number of nitrogens with zero attached hydrogens (tertiary/aromatic N) is 5. The second-order valence-corrected chi connectivity index (χ2v) is 13.8. The molecule has 3 fully saturated rings. The minimum absolute atomic E-state index is 0.0338. The van der Waals surface area contributed by atoms with Crippen LogP contribution in [0.5, 0.6) is 11.8 Å². The molecule has 0 amide bonds. The minimum Gasteiger partial charge on any atom is -0.508 e. The lowest BCUT2D eigenvalue weighted by molar-refractivity contribution is -0.0244. The Balaban J connectivity index is 1.37. The van der Waals surface area contributed by atoms with Crippen molar-refractivity contribution in [2.24, 2.45) is 5.41 Å². The van der Waals surface area contributed by atoms with Crippen LogP contribution in [0.2, 0.25) is 0 Å². The molecule has 2 aromatic carbocycles. The number of aromatic hydroxyl groups is 1. The molecule has 1 aliphatic carbocycles. The largest absolute Gasteiger partial charge is 0.508 e. The van der Waals surface area contributed by atoms with Crippen LogP contribution in [0.15, 0.2) is 30.5 Å². The normalized spacial score (nSPS) is 27.0. The van der Waals surface area contributed by atoms with Crippen molar-refractivity contribution >= 4 is 27.5 Å². The number of alkyl halides is 1. The quantitative estimate of drug-likeness (QED) is 0.254. The number of likely N-dealkylation sites (tertiary alicyclic amines) is 1. The number of phenolic OH excluding ortho intramolecular Hbond substituents is 1. The molecule has 4 atom stereocenters. The number of hydrogen-bond acceptors (Lipinski definition) is 8. The Morgan fingerprint density at radius 3 is 2.74 bits per heavy atom. The average Bonchev–Trinajstić information content (AvgIpc) is 3.44. The molecule has 4 heterocycles. The van der Waals surface area contributed by atoms with E-state index in [0.717, 1.165) is 19.3 Å². The Morgan fingerprint density at radius 2 is 1.96 bits per heavy atom. The summed E-state index contributed by atoms with van der Waals surface area (Å²) < 4.78 is 52.9. The predicted molar refractivity (Wildman–Crippen MR) is 171 cm³/mol. The molecule has 244 valence electrons. The van der Waals surface area contributed by atoms with Crippen LogP contribution in [-0.2, 0) is 6.42 Å². The van der Waals surface area contributed by atoms with Crippen molar-refractivity contribution < 1.29 is 28.1 Å². The van der Waals surface area contributed by atoms with Gasteiger partial charge in [0.25, 0.3) is 0 Å². The predicted octanol–water partition coefficient (Wildman–Crippen LogP) is 6.33. The summed E-state index contributed by atoms with van der Waals surface area (Å²) in [5, 5.41) is 22.9. The van der Waals surface area contributed by atoms with Gasteiger partial charge in [0.15, 0.2) is 5.82 Å². The van der Waals surface area contributed by atoms with E-state index in [-0.39, 0.29) is 47.7 Å². The first-order valence-electron chi connectivity index (χ1n) is 16.2. The molecule has 4 aromatic rings. The summed E-state index contributed by atoms with van der Waals surface area (Å²) in [5.74, 6) is -0.891. The summed E-state index contributed by atoms with van der Waals surface area (Å²) in [6, 6.07) is 5.96. The van der Waals surface area contributed by atoms with Gasteiger partial charge in [0.2, 0.25) is 0 Å². The summed E-state index contributed by atoms with van der Waals surface area (Å²) in [6.45, 7) is 5.03. The molecule has 7 rings (SSSR count). The molecule has 0 spiro atoms. The van der Waals surface area contributed by atoms with E-state index in [1.54, 1.807) is 13.0 Å². The van der Waals surface area contributed by atoms with E-state index < -0.39 is 28.8 Å². The van der Waals surface area contributed by atoms with Crippen molar-refractivity contribution in [3.63, 3.8) is 0 Å². The number of aliphatic hydroxyl groups is 1. The lowest BCUT2D eigenvalue weighted by Crippen LogP contribution is -2.54. The smallest absolute Gasteiger partial charge is 0.319 e. The Kier molecular flexibility index (Phi) is 7.75. The number of aryl methyl sites for hydroxylation is 1. The second kappa shape index (κ2) is 11.5. The van der Waals surface area contributed by atoms with E-state index >= 15 is 4.39 Å². The number of piperidine rings is 2. The molecule has 2 N–H and O–H groups in total. The van der Waals surface area contributed by atoms with E-state index in [4.69, 9.17) is 9.72 Å². The van der Waals surface area contributed by atoms with Gasteiger partial charge in [-0.2, -0.15) is 9.97 Å². The fourth-order valence-corrected chi connectivity index (χ4v) is 8.38. The highest BCUT2D eigenvalue weighted by Crippen LogP contribution is 2.48. The maximum absolute atomic E-state index is 16.8. The molecule has 2 aromatic heterocycles. The van der Waals surface area contributed by atoms with Crippen LogP contribution < -0.4 is 9.64 Å². The van der Waals surface area contributed by atoms with Crippen molar-refractivity contribution in [1.82, 2.24) is 19.9 Å². The molecular weight excluding hydrogens is 595 g/mol. The number of β-amino-alcohol motifs (C(OH)–C–C–N with tert-alkyl or cyclic N) is 1. The SMILES string of the molecule is CCc1c(F)ccc2cc(O)cc(-c3ncc4c(N5CCC[C@@](C)(O)C5)nc(OC[C@]56CCC[C@H]5N(C)C[C@@H](F)C6)nc4c3F)c12. The van der Waals surface area contributed by atoms with Gasteiger partial charge in [-0.3, -0.25) is 9.88 Å². The third-order valence-electron chi connectivity index (χ3n) is 10.4. The van der Waals surface area contributed by atoms with Crippen molar-refractivity contribution in [2.75, 3.05) is 38.2 Å². The zero-order valence-electron chi connectivity index (χ0n) is 26.5. The van der Waals surface area contributed by atoms with Crippen LogP contribution in [0, 0.1) is 17.0 Å². The zero-order chi connectivity index (χ0) is 32.4. The van der Waals surface area contributed by atoms with E-state index in [2.05, 4.69) is 14.9 Å². The van der Waals surface area contributed by atoms with Crippen molar-refractivity contribution in [1.29, 1.82) is 0 Å². The van der Waals surface area contributed by atoms with E-state index in [0.29, 0.717) is 66.3 Å². The van der Waals surface area contributed by atoms with Gasteiger partial charge in [-0.1, -0.05) is 19.4 Å². The van der Waals surface area contributed by atoms with E-state index in [9.17, 15) is 19.0 Å². The van der Waals surface area contributed by atoms with E-state index in [1.165, 1.54) is 24.4 Å².